The number of carbonyl (C=O) groups is 2. The third kappa shape index (κ3) is 4.45. The second-order valence-electron chi connectivity index (χ2n) is 5.34. The van der Waals surface area contributed by atoms with Crippen molar-refractivity contribution in [3.8, 4) is 0 Å². The SMILES string of the molecule is CCC(=O)N(C)c1ccccc1C(=O)N[C@H]1CCCNC1.Cl. The van der Waals surface area contributed by atoms with E-state index in [4.69, 9.17) is 0 Å². The first-order valence-electron chi connectivity index (χ1n) is 7.50. The van der Waals surface area contributed by atoms with E-state index in [9.17, 15) is 9.59 Å². The standard InChI is InChI=1S/C16H23N3O2.ClH/c1-3-15(20)19(2)14-9-5-4-8-13(14)16(21)18-12-7-6-10-17-11-12;/h4-5,8-9,12,17H,3,6-7,10-11H2,1-2H3,(H,18,21);1H/t12-;/m0./s1. The number of piperidine rings is 1. The molecule has 2 amide bonds. The average molecular weight is 326 g/mol. The van der Waals surface area contributed by atoms with Crippen molar-refractivity contribution in [2.24, 2.45) is 0 Å². The lowest BCUT2D eigenvalue weighted by molar-refractivity contribution is -0.118. The molecule has 1 aliphatic heterocycles. The lowest BCUT2D eigenvalue weighted by Crippen LogP contribution is -2.45. The predicted molar refractivity (Wildman–Crippen MR) is 90.7 cm³/mol. The minimum Gasteiger partial charge on any atom is -0.348 e. The molecule has 0 radical (unpaired) electrons. The maximum absolute atomic E-state index is 12.5. The number of carbonyl (C=O) groups excluding carboxylic acids is 2. The molecule has 2 rings (SSSR count). The van der Waals surface area contributed by atoms with Gasteiger partial charge >= 0.3 is 0 Å². The van der Waals surface area contributed by atoms with Crippen LogP contribution in [0.2, 0.25) is 0 Å². The molecule has 2 N–H and O–H groups in total. The monoisotopic (exact) mass is 325 g/mol. The van der Waals surface area contributed by atoms with Crippen molar-refractivity contribution >= 4 is 29.9 Å². The van der Waals surface area contributed by atoms with Crippen LogP contribution in [0.25, 0.3) is 0 Å². The molecular formula is C16H24ClN3O2. The molecular weight excluding hydrogens is 302 g/mol. The van der Waals surface area contributed by atoms with Crippen LogP contribution < -0.4 is 15.5 Å². The van der Waals surface area contributed by atoms with Gasteiger partial charge in [0.15, 0.2) is 0 Å². The van der Waals surface area contributed by atoms with Crippen LogP contribution in [0.5, 0.6) is 0 Å². The third-order valence-electron chi connectivity index (χ3n) is 3.82. The molecule has 1 fully saturated rings. The van der Waals surface area contributed by atoms with Gasteiger partial charge in [-0.15, -0.1) is 12.4 Å². The van der Waals surface area contributed by atoms with E-state index >= 15 is 0 Å². The summed E-state index contributed by atoms with van der Waals surface area (Å²) in [6.07, 6.45) is 2.48. The van der Waals surface area contributed by atoms with Gasteiger partial charge in [0.2, 0.25) is 5.91 Å². The smallest absolute Gasteiger partial charge is 0.253 e. The maximum Gasteiger partial charge on any atom is 0.253 e. The number of amides is 2. The highest BCUT2D eigenvalue weighted by Gasteiger charge is 2.20. The van der Waals surface area contributed by atoms with Crippen molar-refractivity contribution in [1.29, 1.82) is 0 Å². The largest absolute Gasteiger partial charge is 0.348 e. The van der Waals surface area contributed by atoms with Crippen molar-refractivity contribution < 1.29 is 9.59 Å². The van der Waals surface area contributed by atoms with Crippen LogP contribution >= 0.6 is 12.4 Å². The summed E-state index contributed by atoms with van der Waals surface area (Å²) in [5.41, 5.74) is 1.21. The van der Waals surface area contributed by atoms with Crippen molar-refractivity contribution in [1.82, 2.24) is 10.6 Å². The Balaban J connectivity index is 0.00000242. The number of benzene rings is 1. The number of nitrogens with zero attached hydrogens (tertiary/aromatic N) is 1. The average Bonchev–Trinajstić information content (AvgIpc) is 2.54. The summed E-state index contributed by atoms with van der Waals surface area (Å²) < 4.78 is 0. The van der Waals surface area contributed by atoms with E-state index < -0.39 is 0 Å². The number of para-hydroxylation sites is 1. The fourth-order valence-electron chi connectivity index (χ4n) is 2.57. The van der Waals surface area contributed by atoms with Gasteiger partial charge in [-0.25, -0.2) is 0 Å². The van der Waals surface area contributed by atoms with Gasteiger partial charge in [-0.1, -0.05) is 19.1 Å². The molecule has 22 heavy (non-hydrogen) atoms. The van der Waals surface area contributed by atoms with Crippen molar-refractivity contribution in [2.75, 3.05) is 25.0 Å². The number of anilines is 1. The molecule has 0 bridgehead atoms. The third-order valence-corrected chi connectivity index (χ3v) is 3.82. The zero-order chi connectivity index (χ0) is 15.2. The number of hydrogen-bond acceptors (Lipinski definition) is 3. The summed E-state index contributed by atoms with van der Waals surface area (Å²) in [7, 11) is 1.71. The maximum atomic E-state index is 12.5. The molecule has 1 aromatic rings. The Labute approximate surface area is 137 Å². The van der Waals surface area contributed by atoms with Crippen LogP contribution in [0, 0.1) is 0 Å². The predicted octanol–water partition coefficient (Wildman–Crippen LogP) is 1.96. The Hall–Kier alpha value is -1.59. The second kappa shape index (κ2) is 8.76. The van der Waals surface area contributed by atoms with Crippen LogP contribution in [0.1, 0.15) is 36.5 Å². The molecule has 0 spiro atoms. The van der Waals surface area contributed by atoms with Gasteiger partial charge in [0, 0.05) is 26.1 Å². The van der Waals surface area contributed by atoms with Gasteiger partial charge in [-0.05, 0) is 31.5 Å². The molecule has 0 aromatic heterocycles. The van der Waals surface area contributed by atoms with E-state index in [-0.39, 0.29) is 30.3 Å². The molecule has 6 heteroatoms. The van der Waals surface area contributed by atoms with Crippen LogP contribution in [-0.4, -0.2) is 38.0 Å². The minimum atomic E-state index is -0.116. The van der Waals surface area contributed by atoms with E-state index in [0.717, 1.165) is 25.9 Å². The Kier molecular flexibility index (Phi) is 7.35. The molecule has 5 nitrogen and oxygen atoms in total. The fraction of sp³-hybridized carbons (Fsp3) is 0.500. The summed E-state index contributed by atoms with van der Waals surface area (Å²) in [4.78, 5) is 25.9. The van der Waals surface area contributed by atoms with E-state index in [1.165, 1.54) is 0 Å². The van der Waals surface area contributed by atoms with Crippen molar-refractivity contribution in [2.45, 2.75) is 32.2 Å². The van der Waals surface area contributed by atoms with Gasteiger partial charge in [0.1, 0.15) is 0 Å². The molecule has 122 valence electrons. The second-order valence-corrected chi connectivity index (χ2v) is 5.34. The molecule has 1 aromatic carbocycles. The van der Waals surface area contributed by atoms with Gasteiger partial charge in [0.25, 0.3) is 5.91 Å². The van der Waals surface area contributed by atoms with E-state index in [0.29, 0.717) is 17.7 Å². The van der Waals surface area contributed by atoms with E-state index in [1.54, 1.807) is 18.0 Å². The Morgan fingerprint density at radius 3 is 2.73 bits per heavy atom. The first-order chi connectivity index (χ1) is 10.1. The summed E-state index contributed by atoms with van der Waals surface area (Å²) >= 11 is 0. The van der Waals surface area contributed by atoms with Gasteiger partial charge in [0.05, 0.1) is 11.3 Å². The van der Waals surface area contributed by atoms with Crippen molar-refractivity contribution in [3.05, 3.63) is 29.8 Å². The van der Waals surface area contributed by atoms with Crippen molar-refractivity contribution in [3.63, 3.8) is 0 Å². The van der Waals surface area contributed by atoms with E-state index in [1.807, 2.05) is 25.1 Å². The summed E-state index contributed by atoms with van der Waals surface area (Å²) in [6.45, 7) is 3.63. The number of rotatable bonds is 4. The Morgan fingerprint density at radius 2 is 2.09 bits per heavy atom. The lowest BCUT2D eigenvalue weighted by Gasteiger charge is -2.25. The van der Waals surface area contributed by atoms with E-state index in [2.05, 4.69) is 10.6 Å². The normalized spacial score (nSPS) is 17.3. The minimum absolute atomic E-state index is 0. The molecule has 1 saturated heterocycles. The highest BCUT2D eigenvalue weighted by Crippen LogP contribution is 2.20. The quantitative estimate of drug-likeness (QED) is 0.889. The Morgan fingerprint density at radius 1 is 1.36 bits per heavy atom. The summed E-state index contributed by atoms with van der Waals surface area (Å²) in [6, 6.07) is 7.39. The van der Waals surface area contributed by atoms with Crippen LogP contribution in [0.15, 0.2) is 24.3 Å². The zero-order valence-electron chi connectivity index (χ0n) is 13.1. The first kappa shape index (κ1) is 18.5. The summed E-state index contributed by atoms with van der Waals surface area (Å²) in [5.74, 6) is -0.121. The van der Waals surface area contributed by atoms with Crippen LogP contribution in [0.4, 0.5) is 5.69 Å². The fourth-order valence-corrected chi connectivity index (χ4v) is 2.57. The highest BCUT2D eigenvalue weighted by molar-refractivity contribution is 6.04. The topological polar surface area (TPSA) is 61.4 Å². The molecule has 0 saturated carbocycles. The highest BCUT2D eigenvalue weighted by atomic mass is 35.5. The number of nitrogens with one attached hydrogen (secondary N) is 2. The molecule has 1 atom stereocenters. The molecule has 1 heterocycles. The first-order valence-corrected chi connectivity index (χ1v) is 7.50. The molecule has 0 aliphatic carbocycles. The summed E-state index contributed by atoms with van der Waals surface area (Å²) in [5, 5.41) is 6.33. The molecule has 1 aliphatic rings. The lowest BCUT2D eigenvalue weighted by atomic mass is 10.1. The number of hydrogen-bond donors (Lipinski definition) is 2. The van der Waals surface area contributed by atoms with Gasteiger partial charge in [-0.2, -0.15) is 0 Å². The Bertz CT molecular complexity index is 516. The number of halogens is 1. The van der Waals surface area contributed by atoms with Crippen LogP contribution in [0.3, 0.4) is 0 Å². The molecule has 0 unspecified atom stereocenters. The van der Waals surface area contributed by atoms with Gasteiger partial charge in [-0.3, -0.25) is 9.59 Å². The van der Waals surface area contributed by atoms with Crippen LogP contribution in [-0.2, 0) is 4.79 Å². The van der Waals surface area contributed by atoms with Gasteiger partial charge < -0.3 is 15.5 Å². The zero-order valence-corrected chi connectivity index (χ0v) is 13.9.